The molecule has 0 spiro atoms. The molecule has 0 bridgehead atoms. The molecule has 1 aliphatic rings. The lowest BCUT2D eigenvalue weighted by molar-refractivity contribution is -0.642. The van der Waals surface area contributed by atoms with E-state index in [1.165, 1.54) is 15.2 Å². The number of aromatic nitrogens is 1. The van der Waals surface area contributed by atoms with Gasteiger partial charge in [0.05, 0.1) is 0 Å². The first-order valence-electron chi connectivity index (χ1n) is 8.86. The summed E-state index contributed by atoms with van der Waals surface area (Å²) in [4.78, 5) is 23.4. The first-order chi connectivity index (χ1) is 13.1. The Kier molecular flexibility index (Phi) is 4.73. The van der Waals surface area contributed by atoms with E-state index in [9.17, 15) is 9.59 Å². The van der Waals surface area contributed by atoms with Gasteiger partial charge in [-0.2, -0.15) is 4.57 Å². The molecule has 0 radical (unpaired) electrons. The van der Waals surface area contributed by atoms with Crippen molar-refractivity contribution >= 4 is 51.2 Å². The van der Waals surface area contributed by atoms with Gasteiger partial charge in [0.2, 0.25) is 17.3 Å². The van der Waals surface area contributed by atoms with Crippen LogP contribution in [0.1, 0.15) is 23.4 Å². The molecule has 2 heterocycles. The first kappa shape index (κ1) is 17.4. The fraction of sp³-hybridized carbons (Fsp3) is 0.190. The Labute approximate surface area is 161 Å². The Morgan fingerprint density at radius 3 is 2.67 bits per heavy atom. The van der Waals surface area contributed by atoms with E-state index >= 15 is 0 Å². The lowest BCUT2D eigenvalue weighted by atomic mass is 10.1. The number of amides is 2. The third kappa shape index (κ3) is 3.75. The standard InChI is InChI=1S/C21H19N3O2S/c1-24-17-4-2-3-5-18(17)27-20(24)13-8-14-6-9-15(10-7-14)22-21(26)16-11-12-19(25)23-16/h2-10,13,16H,11-12H2,1H3,(H,23,25)/p+1/t16-/m0/s1. The van der Waals surface area contributed by atoms with Crippen LogP contribution in [0.2, 0.25) is 0 Å². The monoisotopic (exact) mass is 378 g/mol. The van der Waals surface area contributed by atoms with E-state index in [0.717, 1.165) is 11.3 Å². The number of para-hydroxylation sites is 1. The summed E-state index contributed by atoms with van der Waals surface area (Å²) in [6.07, 6.45) is 5.13. The molecule has 0 unspecified atom stereocenters. The van der Waals surface area contributed by atoms with Crippen LogP contribution >= 0.6 is 11.3 Å². The van der Waals surface area contributed by atoms with Gasteiger partial charge in [-0.3, -0.25) is 9.59 Å². The van der Waals surface area contributed by atoms with E-state index in [-0.39, 0.29) is 11.8 Å². The summed E-state index contributed by atoms with van der Waals surface area (Å²) in [6.45, 7) is 0. The molecular formula is C21H20N3O2S+. The number of rotatable bonds is 4. The lowest BCUT2D eigenvalue weighted by Gasteiger charge is -2.10. The molecule has 2 aromatic carbocycles. The summed E-state index contributed by atoms with van der Waals surface area (Å²) in [7, 11) is 2.07. The smallest absolute Gasteiger partial charge is 0.262 e. The molecule has 3 aromatic rings. The predicted molar refractivity (Wildman–Crippen MR) is 108 cm³/mol. The molecule has 2 N–H and O–H groups in total. The third-order valence-corrected chi connectivity index (χ3v) is 5.86. The van der Waals surface area contributed by atoms with Crippen molar-refractivity contribution in [2.45, 2.75) is 18.9 Å². The lowest BCUT2D eigenvalue weighted by Crippen LogP contribution is -2.37. The topological polar surface area (TPSA) is 62.1 Å². The van der Waals surface area contributed by atoms with Crippen LogP contribution in [0.4, 0.5) is 5.69 Å². The number of hydrogen-bond donors (Lipinski definition) is 2. The Morgan fingerprint density at radius 2 is 1.96 bits per heavy atom. The number of nitrogens with one attached hydrogen (secondary N) is 2. The van der Waals surface area contributed by atoms with Gasteiger partial charge >= 0.3 is 0 Å². The first-order valence-corrected chi connectivity index (χ1v) is 9.68. The highest BCUT2D eigenvalue weighted by Crippen LogP contribution is 2.21. The number of hydrogen-bond acceptors (Lipinski definition) is 3. The molecule has 5 nitrogen and oxygen atoms in total. The maximum Gasteiger partial charge on any atom is 0.262 e. The fourth-order valence-electron chi connectivity index (χ4n) is 3.15. The minimum atomic E-state index is -0.426. The van der Waals surface area contributed by atoms with Gasteiger partial charge in [0, 0.05) is 24.3 Å². The van der Waals surface area contributed by atoms with E-state index in [0.29, 0.717) is 12.8 Å². The van der Waals surface area contributed by atoms with Gasteiger partial charge in [0.25, 0.3) is 5.01 Å². The van der Waals surface area contributed by atoms with Gasteiger partial charge in [-0.05, 0) is 36.3 Å². The number of benzene rings is 2. The molecule has 1 fully saturated rings. The van der Waals surface area contributed by atoms with E-state index in [2.05, 4.69) is 52.6 Å². The largest absolute Gasteiger partial charge is 0.344 e. The molecule has 1 atom stereocenters. The number of carbonyl (C=O) groups excluding carboxylic acids is 2. The zero-order valence-corrected chi connectivity index (χ0v) is 15.8. The van der Waals surface area contributed by atoms with Crippen molar-refractivity contribution in [1.82, 2.24) is 5.32 Å². The molecule has 27 heavy (non-hydrogen) atoms. The predicted octanol–water partition coefficient (Wildman–Crippen LogP) is 3.11. The van der Waals surface area contributed by atoms with Crippen molar-refractivity contribution in [2.75, 3.05) is 5.32 Å². The second-order valence-corrected chi connectivity index (χ2v) is 7.63. The van der Waals surface area contributed by atoms with Crippen LogP contribution in [-0.4, -0.2) is 17.9 Å². The Bertz CT molecular complexity index is 1040. The highest BCUT2D eigenvalue weighted by molar-refractivity contribution is 7.18. The van der Waals surface area contributed by atoms with Gasteiger partial charge in [-0.25, -0.2) is 0 Å². The molecule has 1 aliphatic heterocycles. The van der Waals surface area contributed by atoms with Crippen molar-refractivity contribution in [3.63, 3.8) is 0 Å². The van der Waals surface area contributed by atoms with E-state index in [4.69, 9.17) is 0 Å². The summed E-state index contributed by atoms with van der Waals surface area (Å²) < 4.78 is 3.44. The van der Waals surface area contributed by atoms with Gasteiger partial charge in [-0.15, -0.1) is 0 Å². The van der Waals surface area contributed by atoms with Crippen molar-refractivity contribution < 1.29 is 14.2 Å². The summed E-state index contributed by atoms with van der Waals surface area (Å²) >= 11 is 1.75. The van der Waals surface area contributed by atoms with Gasteiger partial charge in [-0.1, -0.05) is 35.6 Å². The molecular weight excluding hydrogens is 358 g/mol. The van der Waals surface area contributed by atoms with Crippen LogP contribution in [0, 0.1) is 0 Å². The second-order valence-electron chi connectivity index (χ2n) is 6.57. The van der Waals surface area contributed by atoms with Gasteiger partial charge in [0.15, 0.2) is 0 Å². The fourth-order valence-corrected chi connectivity index (χ4v) is 4.20. The second kappa shape index (κ2) is 7.32. The van der Waals surface area contributed by atoms with Gasteiger partial charge in [0.1, 0.15) is 17.8 Å². The summed E-state index contributed by atoms with van der Waals surface area (Å²) in [5, 5.41) is 6.70. The highest BCUT2D eigenvalue weighted by Gasteiger charge is 2.27. The van der Waals surface area contributed by atoms with E-state index < -0.39 is 6.04 Å². The molecule has 1 saturated heterocycles. The zero-order chi connectivity index (χ0) is 18.8. The van der Waals surface area contributed by atoms with Crippen molar-refractivity contribution in [2.24, 2.45) is 7.05 Å². The zero-order valence-electron chi connectivity index (χ0n) is 14.9. The molecule has 6 heteroatoms. The number of anilines is 1. The van der Waals surface area contributed by atoms with E-state index in [1.54, 1.807) is 11.3 Å². The van der Waals surface area contributed by atoms with Crippen molar-refractivity contribution in [3.05, 3.63) is 59.1 Å². The highest BCUT2D eigenvalue weighted by atomic mass is 32.1. The van der Waals surface area contributed by atoms with Gasteiger partial charge < -0.3 is 10.6 Å². The molecule has 0 saturated carbocycles. The van der Waals surface area contributed by atoms with Crippen molar-refractivity contribution in [3.8, 4) is 0 Å². The quantitative estimate of drug-likeness (QED) is 0.685. The van der Waals surface area contributed by atoms with Crippen LogP contribution in [0.25, 0.3) is 22.4 Å². The van der Waals surface area contributed by atoms with Crippen LogP contribution < -0.4 is 15.2 Å². The Balaban J connectivity index is 1.44. The average molecular weight is 378 g/mol. The molecule has 0 aliphatic carbocycles. The molecule has 1 aromatic heterocycles. The van der Waals surface area contributed by atoms with E-state index in [1.807, 2.05) is 30.3 Å². The van der Waals surface area contributed by atoms with Crippen LogP contribution in [-0.2, 0) is 16.6 Å². The maximum atomic E-state index is 12.1. The average Bonchev–Trinajstić information content (AvgIpc) is 3.25. The number of nitrogens with zero attached hydrogens (tertiary/aromatic N) is 1. The number of thiazole rings is 1. The SMILES string of the molecule is C[n+]1c(/C=C/c2ccc(NC(=O)[C@@H]3CCC(=O)N3)cc2)sc2ccccc21. The van der Waals surface area contributed by atoms with Crippen LogP contribution in [0.3, 0.4) is 0 Å². The number of aryl methyl sites for hydroxylation is 1. The normalized spacial score (nSPS) is 16.8. The maximum absolute atomic E-state index is 12.1. The number of fused-ring (bicyclic) bond motifs is 1. The number of carbonyl (C=O) groups is 2. The Morgan fingerprint density at radius 1 is 1.19 bits per heavy atom. The molecule has 4 rings (SSSR count). The summed E-state index contributed by atoms with van der Waals surface area (Å²) in [5.74, 6) is -0.230. The van der Waals surface area contributed by atoms with Crippen LogP contribution in [0.5, 0.6) is 0 Å². The summed E-state index contributed by atoms with van der Waals surface area (Å²) in [5.41, 5.74) is 3.00. The molecule has 2 amide bonds. The summed E-state index contributed by atoms with van der Waals surface area (Å²) in [6, 6.07) is 15.6. The minimum absolute atomic E-state index is 0.0648. The van der Waals surface area contributed by atoms with Crippen molar-refractivity contribution in [1.29, 1.82) is 0 Å². The Hall–Kier alpha value is -2.99. The van der Waals surface area contributed by atoms with Crippen LogP contribution in [0.15, 0.2) is 48.5 Å². The minimum Gasteiger partial charge on any atom is -0.344 e. The molecule has 136 valence electrons. The third-order valence-electron chi connectivity index (χ3n) is 4.68.